The van der Waals surface area contributed by atoms with E-state index < -0.39 is 26.6 Å². The number of nitrogens with one attached hydrogen (secondary N) is 1. The molecule has 9 heteroatoms. The number of carbonyl (C=O) groups is 1. The average Bonchev–Trinajstić information content (AvgIpc) is 3.23. The SMILES string of the molecule is CCC/C=C/CC/C=C/CC/C=C/C(O)C(COP(=O)([O-])OCC[N+](C)(C)C)NC(=O)CCCCCCCCCCCCCCCCCCCCCCCCCCCCCCC. The van der Waals surface area contributed by atoms with Gasteiger partial charge in [0.2, 0.25) is 5.91 Å². The fourth-order valence-corrected chi connectivity index (χ4v) is 8.39. The van der Waals surface area contributed by atoms with Crippen LogP contribution in [-0.4, -0.2) is 68.5 Å². The van der Waals surface area contributed by atoms with E-state index in [0.717, 1.165) is 51.4 Å². The number of quaternary nitrogens is 1. The lowest BCUT2D eigenvalue weighted by Crippen LogP contribution is -2.45. The summed E-state index contributed by atoms with van der Waals surface area (Å²) in [6, 6.07) is -0.905. The first kappa shape index (κ1) is 60.7. The van der Waals surface area contributed by atoms with E-state index in [0.29, 0.717) is 17.4 Å². The third kappa shape index (κ3) is 46.7. The number of phosphoric ester groups is 1. The molecule has 0 bridgehead atoms. The predicted octanol–water partition coefficient (Wildman–Crippen LogP) is 14.8. The number of aliphatic hydroxyl groups excluding tert-OH is 1. The molecule has 0 aromatic heterocycles. The zero-order valence-corrected chi connectivity index (χ0v) is 42.5. The lowest BCUT2D eigenvalue weighted by molar-refractivity contribution is -0.870. The van der Waals surface area contributed by atoms with Crippen LogP contribution in [0.3, 0.4) is 0 Å². The molecule has 366 valence electrons. The van der Waals surface area contributed by atoms with Crippen LogP contribution < -0.4 is 10.2 Å². The molecule has 0 spiro atoms. The molecule has 0 fully saturated rings. The molecule has 0 aliphatic rings. The number of aliphatic hydroxyl groups is 1. The molecule has 0 rings (SSSR count). The summed E-state index contributed by atoms with van der Waals surface area (Å²) in [6.07, 6.45) is 56.7. The van der Waals surface area contributed by atoms with Gasteiger partial charge in [0.25, 0.3) is 7.82 Å². The van der Waals surface area contributed by atoms with Crippen molar-refractivity contribution in [3.8, 4) is 0 Å². The molecule has 62 heavy (non-hydrogen) atoms. The number of hydrogen-bond donors (Lipinski definition) is 2. The van der Waals surface area contributed by atoms with Crippen molar-refractivity contribution >= 4 is 13.7 Å². The third-order valence-electron chi connectivity index (χ3n) is 11.8. The molecule has 0 aliphatic heterocycles. The first-order valence-electron chi connectivity index (χ1n) is 26.4. The Hall–Kier alpha value is -1.28. The third-order valence-corrected chi connectivity index (χ3v) is 12.8. The predicted molar refractivity (Wildman–Crippen MR) is 265 cm³/mol. The summed E-state index contributed by atoms with van der Waals surface area (Å²) in [5, 5.41) is 13.7. The Kier molecular flexibility index (Phi) is 44.0. The lowest BCUT2D eigenvalue weighted by atomic mass is 10.0. The van der Waals surface area contributed by atoms with Crippen molar-refractivity contribution in [3.63, 3.8) is 0 Å². The van der Waals surface area contributed by atoms with Crippen molar-refractivity contribution in [1.29, 1.82) is 0 Å². The number of phosphoric acid groups is 1. The van der Waals surface area contributed by atoms with Crippen molar-refractivity contribution < 1.29 is 32.9 Å². The lowest BCUT2D eigenvalue weighted by Gasteiger charge is -2.29. The Morgan fingerprint density at radius 1 is 0.548 bits per heavy atom. The first-order valence-corrected chi connectivity index (χ1v) is 27.8. The van der Waals surface area contributed by atoms with Gasteiger partial charge in [0.05, 0.1) is 39.9 Å². The minimum atomic E-state index is -4.60. The number of nitrogens with zero attached hydrogens (tertiary/aromatic N) is 1. The number of unbranched alkanes of at least 4 members (excludes halogenated alkanes) is 31. The van der Waals surface area contributed by atoms with Crippen LogP contribution in [-0.2, 0) is 18.4 Å². The van der Waals surface area contributed by atoms with Gasteiger partial charge in [0.15, 0.2) is 0 Å². The summed E-state index contributed by atoms with van der Waals surface area (Å²) in [7, 11) is 1.24. The van der Waals surface area contributed by atoms with Crippen LogP contribution in [0.2, 0.25) is 0 Å². The molecule has 8 nitrogen and oxygen atoms in total. The normalized spacial score (nSPS) is 14.4. The number of likely N-dealkylation sites (N-methyl/N-ethyl adjacent to an activating group) is 1. The van der Waals surface area contributed by atoms with E-state index in [1.54, 1.807) is 6.08 Å². The Morgan fingerprint density at radius 3 is 1.27 bits per heavy atom. The fourth-order valence-electron chi connectivity index (χ4n) is 7.66. The van der Waals surface area contributed by atoms with Gasteiger partial charge in [-0.05, 0) is 38.5 Å². The summed E-state index contributed by atoms with van der Waals surface area (Å²) in [5.74, 6) is -0.210. The number of rotatable bonds is 48. The summed E-state index contributed by atoms with van der Waals surface area (Å²) in [6.45, 7) is 4.56. The van der Waals surface area contributed by atoms with Crippen molar-refractivity contribution in [2.24, 2.45) is 0 Å². The van der Waals surface area contributed by atoms with E-state index in [9.17, 15) is 19.4 Å². The zero-order valence-electron chi connectivity index (χ0n) is 41.6. The van der Waals surface area contributed by atoms with Crippen LogP contribution in [0.15, 0.2) is 36.5 Å². The molecular formula is C53H103N2O6P. The zero-order chi connectivity index (χ0) is 45.7. The highest BCUT2D eigenvalue weighted by atomic mass is 31.2. The van der Waals surface area contributed by atoms with Crippen molar-refractivity contribution in [2.75, 3.05) is 40.9 Å². The van der Waals surface area contributed by atoms with Gasteiger partial charge in [0, 0.05) is 6.42 Å². The smallest absolute Gasteiger partial charge is 0.268 e. The molecule has 0 aliphatic carbocycles. The van der Waals surface area contributed by atoms with Gasteiger partial charge in [-0.3, -0.25) is 9.36 Å². The number of hydrogen-bond acceptors (Lipinski definition) is 6. The van der Waals surface area contributed by atoms with Crippen LogP contribution >= 0.6 is 7.82 Å². The van der Waals surface area contributed by atoms with Crippen molar-refractivity contribution in [2.45, 2.75) is 257 Å². The van der Waals surface area contributed by atoms with Crippen molar-refractivity contribution in [1.82, 2.24) is 5.32 Å². The highest BCUT2D eigenvalue weighted by Gasteiger charge is 2.23. The van der Waals surface area contributed by atoms with E-state index in [-0.39, 0.29) is 12.5 Å². The van der Waals surface area contributed by atoms with Crippen LogP contribution in [0.25, 0.3) is 0 Å². The van der Waals surface area contributed by atoms with Crippen LogP contribution in [0.4, 0.5) is 0 Å². The van der Waals surface area contributed by atoms with Crippen LogP contribution in [0.5, 0.6) is 0 Å². The summed E-state index contributed by atoms with van der Waals surface area (Å²) in [5.41, 5.74) is 0. The van der Waals surface area contributed by atoms with Gasteiger partial charge in [-0.2, -0.15) is 0 Å². The van der Waals surface area contributed by atoms with Gasteiger partial charge in [-0.25, -0.2) is 0 Å². The van der Waals surface area contributed by atoms with Gasteiger partial charge in [-0.15, -0.1) is 0 Å². The van der Waals surface area contributed by atoms with E-state index >= 15 is 0 Å². The maximum Gasteiger partial charge on any atom is 0.268 e. The fraction of sp³-hybridized carbons (Fsp3) is 0.868. The largest absolute Gasteiger partial charge is 0.756 e. The van der Waals surface area contributed by atoms with Gasteiger partial charge < -0.3 is 28.8 Å². The average molecular weight is 895 g/mol. The molecule has 0 heterocycles. The molecule has 2 N–H and O–H groups in total. The molecule has 0 saturated heterocycles. The van der Waals surface area contributed by atoms with Gasteiger partial charge in [0.1, 0.15) is 13.2 Å². The highest BCUT2D eigenvalue weighted by molar-refractivity contribution is 7.45. The van der Waals surface area contributed by atoms with Crippen molar-refractivity contribution in [3.05, 3.63) is 36.5 Å². The Balaban J connectivity index is 4.04. The minimum Gasteiger partial charge on any atom is -0.756 e. The van der Waals surface area contributed by atoms with E-state index in [1.165, 1.54) is 173 Å². The maximum atomic E-state index is 12.9. The number of carbonyl (C=O) groups excluding carboxylic acids is 1. The molecule has 1 amide bonds. The van der Waals surface area contributed by atoms with Gasteiger partial charge in [-0.1, -0.05) is 237 Å². The van der Waals surface area contributed by atoms with E-state index in [2.05, 4.69) is 43.5 Å². The minimum absolute atomic E-state index is 0.00796. The summed E-state index contributed by atoms with van der Waals surface area (Å²) >= 11 is 0. The highest BCUT2D eigenvalue weighted by Crippen LogP contribution is 2.38. The van der Waals surface area contributed by atoms with Gasteiger partial charge >= 0.3 is 0 Å². The van der Waals surface area contributed by atoms with Crippen LogP contribution in [0.1, 0.15) is 245 Å². The van der Waals surface area contributed by atoms with E-state index in [4.69, 9.17) is 9.05 Å². The summed E-state index contributed by atoms with van der Waals surface area (Å²) in [4.78, 5) is 25.3. The standard InChI is InChI=1S/C53H103N2O6P/c1-6-8-10-12-14-16-18-19-20-21-22-23-24-25-26-27-28-29-30-31-32-33-34-35-37-39-41-43-45-47-53(57)54-51(50-61-62(58,59)60-49-48-55(3,4)5)52(56)46-44-42-40-38-36-17-15-13-11-9-7-2/h11,13,36,38,44,46,51-52,56H,6-10,12,14-35,37,39-43,45,47-50H2,1-5H3,(H-,54,57,58,59)/b13-11+,38-36+,46-44+. The molecular weight excluding hydrogens is 792 g/mol. The first-order chi connectivity index (χ1) is 30.0. The summed E-state index contributed by atoms with van der Waals surface area (Å²) < 4.78 is 23.2. The quantitative estimate of drug-likeness (QED) is 0.0273. The monoisotopic (exact) mass is 895 g/mol. The Morgan fingerprint density at radius 2 is 0.903 bits per heavy atom. The molecule has 3 unspecified atom stereocenters. The Bertz CT molecular complexity index is 1110. The molecule has 0 radical (unpaired) electrons. The maximum absolute atomic E-state index is 12.9. The molecule has 0 aromatic rings. The number of allylic oxidation sites excluding steroid dienone is 5. The topological polar surface area (TPSA) is 108 Å². The molecule has 0 saturated carbocycles. The van der Waals surface area contributed by atoms with Crippen LogP contribution in [0, 0.1) is 0 Å². The molecule has 0 aromatic carbocycles. The molecule has 3 atom stereocenters. The number of amides is 1. The Labute approximate surface area is 385 Å². The second-order valence-corrected chi connectivity index (χ2v) is 20.6. The second-order valence-electron chi connectivity index (χ2n) is 19.2. The second kappa shape index (κ2) is 44.9. The van der Waals surface area contributed by atoms with E-state index in [1.807, 2.05) is 27.2 Å².